The summed E-state index contributed by atoms with van der Waals surface area (Å²) >= 11 is 0. The monoisotopic (exact) mass is 535 g/mol. The zero-order valence-electron chi connectivity index (χ0n) is 20.5. The first-order valence-electron chi connectivity index (χ1n) is 12.9. The first-order chi connectivity index (χ1) is 15.9. The largest absolute Gasteiger partial charge is 0.481 e. The minimum Gasteiger partial charge on any atom is -0.481 e. The fourth-order valence-electron chi connectivity index (χ4n) is 6.52. The predicted molar refractivity (Wildman–Crippen MR) is 139 cm³/mol. The number of nitrogens with one attached hydrogen (secondary N) is 2. The molecule has 0 aromatic carbocycles. The van der Waals surface area contributed by atoms with Gasteiger partial charge in [-0.2, -0.15) is 0 Å². The van der Waals surface area contributed by atoms with Gasteiger partial charge in [-0.1, -0.05) is 6.42 Å². The maximum Gasteiger partial charge on any atom is 0.305 e. The van der Waals surface area contributed by atoms with Gasteiger partial charge in [0, 0.05) is 38.3 Å². The van der Waals surface area contributed by atoms with E-state index < -0.39 is 12.0 Å². The molecule has 2 aliphatic carbocycles. The zero-order valence-corrected chi connectivity index (χ0v) is 22.2. The van der Waals surface area contributed by atoms with Gasteiger partial charge in [-0.15, -0.1) is 24.8 Å². The molecule has 2 saturated carbocycles. The number of likely N-dealkylation sites (tertiary alicyclic amines) is 2. The van der Waals surface area contributed by atoms with Crippen LogP contribution in [-0.2, 0) is 14.3 Å². The summed E-state index contributed by atoms with van der Waals surface area (Å²) in [6.45, 7) is 2.80. The zero-order chi connectivity index (χ0) is 23.4. The number of nitrogens with zero attached hydrogens (tertiary/aromatic N) is 2. The number of hydrogen-bond acceptors (Lipinski definition) is 5. The van der Waals surface area contributed by atoms with Crippen molar-refractivity contribution in [2.24, 2.45) is 17.6 Å². The number of ether oxygens (including phenoxy) is 1. The number of fused-ring (bicyclic) bond motifs is 2. The molecule has 5 N–H and O–H groups in total. The van der Waals surface area contributed by atoms with Crippen molar-refractivity contribution in [3.63, 3.8) is 0 Å². The highest BCUT2D eigenvalue weighted by molar-refractivity contribution is 5.86. The van der Waals surface area contributed by atoms with E-state index in [0.29, 0.717) is 19.1 Å². The number of rotatable bonds is 9. The lowest BCUT2D eigenvalue weighted by atomic mass is 9.93. The smallest absolute Gasteiger partial charge is 0.305 e. The fourth-order valence-corrected chi connectivity index (χ4v) is 6.52. The number of carbonyl (C=O) groups is 2. The van der Waals surface area contributed by atoms with Gasteiger partial charge in [0.05, 0.1) is 18.6 Å². The first-order valence-corrected chi connectivity index (χ1v) is 12.9. The van der Waals surface area contributed by atoms with Crippen molar-refractivity contribution >= 4 is 42.7 Å². The van der Waals surface area contributed by atoms with Crippen molar-refractivity contribution in [3.8, 4) is 0 Å². The van der Waals surface area contributed by atoms with Gasteiger partial charge in [-0.25, -0.2) is 0 Å². The van der Waals surface area contributed by atoms with Crippen LogP contribution in [0.25, 0.3) is 0 Å². The van der Waals surface area contributed by atoms with E-state index in [1.54, 1.807) is 0 Å². The minimum atomic E-state index is -0.919. The molecule has 9 nitrogen and oxygen atoms in total. The Labute approximate surface area is 221 Å². The van der Waals surface area contributed by atoms with Gasteiger partial charge in [0.15, 0.2) is 5.96 Å². The van der Waals surface area contributed by atoms with Gasteiger partial charge in [-0.3, -0.25) is 15.0 Å². The summed E-state index contributed by atoms with van der Waals surface area (Å²) in [7, 11) is 0. The van der Waals surface area contributed by atoms with E-state index >= 15 is 0 Å². The number of nitrogens with two attached hydrogens (primary N) is 1. The van der Waals surface area contributed by atoms with Gasteiger partial charge in [0.2, 0.25) is 5.91 Å². The maximum absolute atomic E-state index is 13.5. The number of guanidine groups is 1. The summed E-state index contributed by atoms with van der Waals surface area (Å²) in [6.07, 6.45) is 10.3. The average Bonchev–Trinajstić information content (AvgIpc) is 3.42. The molecule has 11 heteroatoms. The third-order valence-corrected chi connectivity index (χ3v) is 8.33. The number of aliphatic carboxylic acids is 1. The van der Waals surface area contributed by atoms with E-state index in [9.17, 15) is 14.7 Å². The first kappa shape index (κ1) is 29.9. The Balaban J connectivity index is 0.00000216. The van der Waals surface area contributed by atoms with Crippen LogP contribution in [0, 0.1) is 17.2 Å². The van der Waals surface area contributed by atoms with E-state index in [0.717, 1.165) is 64.0 Å². The number of hydrogen-bond donors (Lipinski definition) is 4. The van der Waals surface area contributed by atoms with Gasteiger partial charge in [0.25, 0.3) is 0 Å². The van der Waals surface area contributed by atoms with Crippen LogP contribution in [0.15, 0.2) is 0 Å². The summed E-state index contributed by atoms with van der Waals surface area (Å²) in [5.74, 6) is 0.506. The number of carboxylic acids is 1. The molecular formula is C24H43Cl2N5O4. The molecule has 4 fully saturated rings. The van der Waals surface area contributed by atoms with E-state index in [4.69, 9.17) is 15.9 Å². The topological polar surface area (TPSA) is 132 Å². The third kappa shape index (κ3) is 7.84. The molecule has 0 radical (unpaired) electrons. The molecule has 2 saturated heterocycles. The Bertz CT molecular complexity index is 722. The second-order valence-corrected chi connectivity index (χ2v) is 10.5. The summed E-state index contributed by atoms with van der Waals surface area (Å²) in [4.78, 5) is 28.9. The SMILES string of the molecule is Cl.Cl.N=C(N)N1CCC(OCC[C@@H]2CCCCN2C(=O)[C@H](CC(=O)O)NC2CC3CCC2C3)CC1. The van der Waals surface area contributed by atoms with E-state index in [1.807, 2.05) is 9.80 Å². The van der Waals surface area contributed by atoms with Gasteiger partial charge < -0.3 is 30.7 Å². The highest BCUT2D eigenvalue weighted by atomic mass is 35.5. The summed E-state index contributed by atoms with van der Waals surface area (Å²) < 4.78 is 6.12. The van der Waals surface area contributed by atoms with Gasteiger partial charge in [-0.05, 0) is 69.6 Å². The lowest BCUT2D eigenvalue weighted by Gasteiger charge is -2.39. The molecule has 5 atom stereocenters. The third-order valence-electron chi connectivity index (χ3n) is 8.33. The molecule has 4 aliphatic rings. The standard InChI is InChI=1S/C24H41N5O4.2ClH/c25-24(26)28-10-6-19(7-11-28)33-12-8-18-3-1-2-9-29(18)23(32)21(15-22(30)31)27-20-14-16-4-5-17(20)13-16;;/h16-21,27H,1-15H2,(H3,25,26)(H,30,31);2*1H/t16?,17?,18-,20?,21-;;/m0../s1. The van der Waals surface area contributed by atoms with Crippen LogP contribution >= 0.6 is 24.8 Å². The summed E-state index contributed by atoms with van der Waals surface area (Å²) in [6, 6.07) is -0.240. The molecular weight excluding hydrogens is 493 g/mol. The van der Waals surface area contributed by atoms with Crippen LogP contribution in [0.1, 0.15) is 70.6 Å². The number of halogens is 2. The Morgan fingerprint density at radius 1 is 1.06 bits per heavy atom. The number of carbonyl (C=O) groups excluding carboxylic acids is 1. The van der Waals surface area contributed by atoms with E-state index in [2.05, 4.69) is 5.32 Å². The molecule has 202 valence electrons. The highest BCUT2D eigenvalue weighted by Gasteiger charge is 2.42. The Morgan fingerprint density at radius 2 is 1.80 bits per heavy atom. The van der Waals surface area contributed by atoms with Crippen molar-refractivity contribution in [2.75, 3.05) is 26.2 Å². The maximum atomic E-state index is 13.5. The van der Waals surface area contributed by atoms with Crippen LogP contribution in [0.3, 0.4) is 0 Å². The van der Waals surface area contributed by atoms with Gasteiger partial charge >= 0.3 is 5.97 Å². The highest BCUT2D eigenvalue weighted by Crippen LogP contribution is 2.44. The van der Waals surface area contributed by atoms with Crippen LogP contribution < -0.4 is 11.1 Å². The molecule has 35 heavy (non-hydrogen) atoms. The van der Waals surface area contributed by atoms with Gasteiger partial charge in [0.1, 0.15) is 0 Å². The number of carboxylic acid groups (broad SMARTS) is 1. The normalized spacial score (nSPS) is 29.3. The number of amides is 1. The minimum absolute atomic E-state index is 0. The lowest BCUT2D eigenvalue weighted by molar-refractivity contribution is -0.145. The lowest BCUT2D eigenvalue weighted by Crippen LogP contribution is -2.55. The Morgan fingerprint density at radius 3 is 2.40 bits per heavy atom. The van der Waals surface area contributed by atoms with Crippen molar-refractivity contribution in [3.05, 3.63) is 0 Å². The molecule has 2 aliphatic heterocycles. The molecule has 2 heterocycles. The number of piperidine rings is 2. The second-order valence-electron chi connectivity index (χ2n) is 10.5. The summed E-state index contributed by atoms with van der Waals surface area (Å²) in [5.41, 5.74) is 5.57. The van der Waals surface area contributed by atoms with Crippen molar-refractivity contribution < 1.29 is 19.4 Å². The molecule has 0 spiro atoms. The molecule has 4 rings (SSSR count). The van der Waals surface area contributed by atoms with Crippen molar-refractivity contribution in [1.29, 1.82) is 5.41 Å². The van der Waals surface area contributed by atoms with E-state index in [-0.39, 0.29) is 61.3 Å². The van der Waals surface area contributed by atoms with Crippen LogP contribution in [0.4, 0.5) is 0 Å². The molecule has 3 unspecified atom stereocenters. The quantitative estimate of drug-likeness (QED) is 0.263. The van der Waals surface area contributed by atoms with Crippen molar-refractivity contribution in [1.82, 2.24) is 15.1 Å². The fraction of sp³-hybridized carbons (Fsp3) is 0.875. The van der Waals surface area contributed by atoms with E-state index in [1.165, 1.54) is 19.3 Å². The Kier molecular flexibility index (Phi) is 11.9. The molecule has 2 bridgehead atoms. The predicted octanol–water partition coefficient (Wildman–Crippen LogP) is 2.60. The molecule has 0 aromatic rings. The molecule has 1 amide bonds. The van der Waals surface area contributed by atoms with Crippen molar-refractivity contribution in [2.45, 2.75) is 94.9 Å². The molecule has 0 aromatic heterocycles. The Hall–Kier alpha value is -1.29. The van der Waals surface area contributed by atoms with Crippen LogP contribution in [0.2, 0.25) is 0 Å². The van der Waals surface area contributed by atoms with Crippen LogP contribution in [-0.4, -0.2) is 83.2 Å². The second kappa shape index (κ2) is 13.9. The van der Waals surface area contributed by atoms with Crippen LogP contribution in [0.5, 0.6) is 0 Å². The average molecular weight is 537 g/mol. The summed E-state index contributed by atoms with van der Waals surface area (Å²) in [5, 5.41) is 20.5.